The molecule has 1 atom stereocenters. The van der Waals surface area contributed by atoms with Crippen LogP contribution in [0, 0.1) is 0 Å². The first kappa shape index (κ1) is 35.6. The van der Waals surface area contributed by atoms with Crippen molar-refractivity contribution in [1.82, 2.24) is 0 Å². The largest absolute Gasteiger partial charge is 0.456 e. The van der Waals surface area contributed by atoms with Crippen LogP contribution in [0.25, 0.3) is 86.6 Å². The van der Waals surface area contributed by atoms with Crippen LogP contribution < -0.4 is 4.90 Å². The van der Waals surface area contributed by atoms with E-state index in [2.05, 4.69) is 223 Å². The van der Waals surface area contributed by atoms with Crippen LogP contribution >= 0.6 is 11.3 Å². The number of benzene rings is 10. The lowest BCUT2D eigenvalue weighted by Gasteiger charge is -2.36. The Bertz CT molecular complexity index is 3870. The average molecular weight is 832 g/mol. The van der Waals surface area contributed by atoms with E-state index in [0.29, 0.717) is 0 Å². The fourth-order valence-electron chi connectivity index (χ4n) is 11.3. The first-order valence-electron chi connectivity index (χ1n) is 22.0. The summed E-state index contributed by atoms with van der Waals surface area (Å²) < 4.78 is 9.03. The summed E-state index contributed by atoms with van der Waals surface area (Å²) in [5.74, 6) is 0. The van der Waals surface area contributed by atoms with Crippen molar-refractivity contribution in [3.8, 4) is 44.5 Å². The lowest BCUT2D eigenvalue weighted by atomic mass is 9.66. The maximum absolute atomic E-state index is 6.39. The molecule has 0 fully saturated rings. The molecule has 298 valence electrons. The Balaban J connectivity index is 1.10. The Kier molecular flexibility index (Phi) is 7.51. The van der Waals surface area contributed by atoms with Crippen molar-refractivity contribution in [2.45, 2.75) is 5.41 Å². The summed E-state index contributed by atoms with van der Waals surface area (Å²) in [6, 6.07) is 83.1. The second-order valence-corrected chi connectivity index (χ2v) is 18.2. The van der Waals surface area contributed by atoms with Gasteiger partial charge in [0.25, 0.3) is 0 Å². The number of fused-ring (bicyclic) bond motifs is 19. The molecule has 3 heteroatoms. The Morgan fingerprint density at radius 2 is 0.938 bits per heavy atom. The summed E-state index contributed by atoms with van der Waals surface area (Å²) in [7, 11) is 0. The van der Waals surface area contributed by atoms with Crippen LogP contribution in [0.4, 0.5) is 17.1 Å². The number of anilines is 3. The normalized spacial score (nSPS) is 14.6. The van der Waals surface area contributed by atoms with Gasteiger partial charge in [0.1, 0.15) is 11.2 Å². The second kappa shape index (κ2) is 13.5. The lowest BCUT2D eigenvalue weighted by molar-refractivity contribution is 0.669. The highest BCUT2D eigenvalue weighted by atomic mass is 32.1. The van der Waals surface area contributed by atoms with Gasteiger partial charge in [-0.1, -0.05) is 170 Å². The van der Waals surface area contributed by atoms with Crippen LogP contribution in [0.15, 0.2) is 229 Å². The molecular weight excluding hydrogens is 795 g/mol. The molecule has 12 aromatic rings. The van der Waals surface area contributed by atoms with Crippen molar-refractivity contribution in [3.05, 3.63) is 247 Å². The van der Waals surface area contributed by atoms with Gasteiger partial charge in [0, 0.05) is 47.9 Å². The predicted octanol–water partition coefficient (Wildman–Crippen LogP) is 17.1. The highest BCUT2D eigenvalue weighted by Gasteiger charge is 2.50. The second-order valence-electron chi connectivity index (χ2n) is 17.1. The van der Waals surface area contributed by atoms with E-state index in [-0.39, 0.29) is 0 Å². The summed E-state index contributed by atoms with van der Waals surface area (Å²) >= 11 is 1.89. The Hall–Kier alpha value is -7.98. The third-order valence-electron chi connectivity index (χ3n) is 13.9. The molecule has 0 amide bonds. The number of nitrogens with zero attached hydrogens (tertiary/aromatic N) is 1. The molecular formula is C61H37NOS. The molecule has 0 saturated heterocycles. The third-order valence-corrected chi connectivity index (χ3v) is 15.0. The minimum absolute atomic E-state index is 0.603. The van der Waals surface area contributed by atoms with Crippen LogP contribution in [0.3, 0.4) is 0 Å². The van der Waals surface area contributed by atoms with Crippen molar-refractivity contribution < 1.29 is 4.42 Å². The molecule has 0 saturated carbocycles. The number of rotatable bonds is 4. The van der Waals surface area contributed by atoms with Crippen molar-refractivity contribution in [3.63, 3.8) is 0 Å². The summed E-state index contributed by atoms with van der Waals surface area (Å²) in [4.78, 5) is 2.45. The van der Waals surface area contributed by atoms with Gasteiger partial charge in [-0.15, -0.1) is 11.3 Å². The molecule has 2 aromatic heterocycles. The Morgan fingerprint density at radius 3 is 1.78 bits per heavy atom. The van der Waals surface area contributed by atoms with Crippen LogP contribution in [-0.2, 0) is 5.41 Å². The highest BCUT2D eigenvalue weighted by Crippen LogP contribution is 2.64. The summed E-state index contributed by atoms with van der Waals surface area (Å²) in [6.45, 7) is 0. The molecule has 2 aliphatic carbocycles. The monoisotopic (exact) mass is 831 g/mol. The van der Waals surface area contributed by atoms with Gasteiger partial charge in [0.05, 0.1) is 11.1 Å². The van der Waals surface area contributed by atoms with E-state index in [1.165, 1.54) is 81.4 Å². The van der Waals surface area contributed by atoms with E-state index in [1.54, 1.807) is 0 Å². The third kappa shape index (κ3) is 4.85. The van der Waals surface area contributed by atoms with Crippen molar-refractivity contribution in [2.75, 3.05) is 4.90 Å². The van der Waals surface area contributed by atoms with Gasteiger partial charge in [0.2, 0.25) is 0 Å². The van der Waals surface area contributed by atoms with Gasteiger partial charge in [-0.3, -0.25) is 0 Å². The minimum Gasteiger partial charge on any atom is -0.456 e. The van der Waals surface area contributed by atoms with Crippen LogP contribution in [0.5, 0.6) is 0 Å². The molecule has 1 spiro atoms. The van der Waals surface area contributed by atoms with Gasteiger partial charge in [-0.05, 0) is 116 Å². The number of thiophene rings is 1. The van der Waals surface area contributed by atoms with Crippen molar-refractivity contribution in [2.24, 2.45) is 0 Å². The zero-order valence-electron chi connectivity index (χ0n) is 34.6. The van der Waals surface area contributed by atoms with E-state index in [4.69, 9.17) is 4.42 Å². The van der Waals surface area contributed by atoms with Crippen LogP contribution in [-0.4, -0.2) is 0 Å². The molecule has 0 aliphatic heterocycles. The topological polar surface area (TPSA) is 16.4 Å². The molecule has 14 rings (SSSR count). The van der Waals surface area contributed by atoms with Gasteiger partial charge in [-0.25, -0.2) is 0 Å². The smallest absolute Gasteiger partial charge is 0.135 e. The summed E-state index contributed by atoms with van der Waals surface area (Å²) in [5, 5.41) is 4.88. The zero-order chi connectivity index (χ0) is 41.9. The van der Waals surface area contributed by atoms with Crippen LogP contribution in [0.2, 0.25) is 0 Å². The Morgan fingerprint density at radius 1 is 0.359 bits per heavy atom. The van der Waals surface area contributed by atoms with Gasteiger partial charge in [-0.2, -0.15) is 0 Å². The Labute approximate surface area is 374 Å². The fourth-order valence-corrected chi connectivity index (χ4v) is 12.5. The van der Waals surface area contributed by atoms with Crippen molar-refractivity contribution >= 4 is 70.5 Å². The summed E-state index contributed by atoms with van der Waals surface area (Å²) in [5.41, 5.74) is 19.6. The average Bonchev–Trinajstić information content (AvgIpc) is 4.00. The molecule has 0 N–H and O–H groups in total. The molecule has 2 nitrogen and oxygen atoms in total. The zero-order valence-corrected chi connectivity index (χ0v) is 35.4. The number of hydrogen-bond donors (Lipinski definition) is 0. The van der Waals surface area contributed by atoms with Crippen molar-refractivity contribution in [1.29, 1.82) is 0 Å². The van der Waals surface area contributed by atoms with E-state index in [9.17, 15) is 0 Å². The summed E-state index contributed by atoms with van der Waals surface area (Å²) in [6.07, 6.45) is 0. The quantitative estimate of drug-likeness (QED) is 0.176. The maximum Gasteiger partial charge on any atom is 0.135 e. The fraction of sp³-hybridized carbons (Fsp3) is 0.0164. The van der Waals surface area contributed by atoms with E-state index < -0.39 is 5.41 Å². The SMILES string of the molecule is c1ccc(-c2ccccc2N(c2ccc3c(c2)-c2ccccc2-c2ccccc2C32c3ccccc3-c3c2ccc2sc4ccccc4c32)c2ccc3oc4ccccc4c3c2)cc1. The van der Waals surface area contributed by atoms with Gasteiger partial charge < -0.3 is 9.32 Å². The molecule has 2 heterocycles. The maximum atomic E-state index is 6.39. The molecule has 1 unspecified atom stereocenters. The molecule has 0 radical (unpaired) electrons. The number of hydrogen-bond acceptors (Lipinski definition) is 3. The first-order valence-corrected chi connectivity index (χ1v) is 22.8. The number of furan rings is 1. The number of para-hydroxylation sites is 2. The van der Waals surface area contributed by atoms with Crippen LogP contribution in [0.1, 0.15) is 22.3 Å². The standard InChI is InChI=1S/C61H37NOS/c1-2-16-38(17-3-1)41-18-8-13-27-54(41)62(40-31-34-56-49(37-40)45-22-9-14-28-55(45)63-56)39-30-32-52-48(36-39)43-20-5-4-19-42(43)44-21-6-11-25-50(44)61(52)51-26-12-7-23-46(51)59-53(61)33-35-58-60(59)47-24-10-15-29-57(47)64-58/h1-37H. The minimum atomic E-state index is -0.603. The molecule has 10 aromatic carbocycles. The lowest BCUT2D eigenvalue weighted by Crippen LogP contribution is -2.29. The van der Waals surface area contributed by atoms with E-state index in [0.717, 1.165) is 44.6 Å². The molecule has 0 bridgehead atoms. The molecule has 2 aliphatic rings. The first-order chi connectivity index (χ1) is 31.8. The molecule has 64 heavy (non-hydrogen) atoms. The van der Waals surface area contributed by atoms with E-state index >= 15 is 0 Å². The predicted molar refractivity (Wildman–Crippen MR) is 268 cm³/mol. The van der Waals surface area contributed by atoms with Gasteiger partial charge >= 0.3 is 0 Å². The van der Waals surface area contributed by atoms with E-state index in [1.807, 2.05) is 17.4 Å². The highest BCUT2D eigenvalue weighted by molar-refractivity contribution is 7.26. The van der Waals surface area contributed by atoms with Gasteiger partial charge in [0.15, 0.2) is 0 Å².